The van der Waals surface area contributed by atoms with Crippen LogP contribution in [0.2, 0.25) is 0 Å². The number of hydrogen-bond donors (Lipinski definition) is 2. The van der Waals surface area contributed by atoms with Crippen LogP contribution in [-0.2, 0) is 0 Å². The van der Waals surface area contributed by atoms with E-state index in [1.807, 2.05) is 48.5 Å². The summed E-state index contributed by atoms with van der Waals surface area (Å²) in [6.45, 7) is 0. The first-order chi connectivity index (χ1) is 10.8. The molecule has 1 aromatic carbocycles. The van der Waals surface area contributed by atoms with Gasteiger partial charge >= 0.3 is 0 Å². The number of allylic oxidation sites excluding steroid dienone is 1. The highest BCUT2D eigenvalue weighted by Crippen LogP contribution is 2.32. The third kappa shape index (κ3) is 2.09. The molecule has 0 radical (unpaired) electrons. The van der Waals surface area contributed by atoms with E-state index in [1.54, 1.807) is 12.4 Å². The molecular formula is C17H12N4O. The lowest BCUT2D eigenvalue weighted by Crippen LogP contribution is -1.83. The first-order valence-corrected chi connectivity index (χ1v) is 6.87. The third-order valence-corrected chi connectivity index (χ3v) is 3.48. The van der Waals surface area contributed by atoms with Crippen LogP contribution in [0.15, 0.2) is 53.7 Å². The van der Waals surface area contributed by atoms with E-state index in [-0.39, 0.29) is 5.88 Å². The molecule has 0 atom stereocenters. The lowest BCUT2D eigenvalue weighted by atomic mass is 10.1. The van der Waals surface area contributed by atoms with Crippen molar-refractivity contribution in [2.45, 2.75) is 0 Å². The van der Waals surface area contributed by atoms with E-state index in [1.165, 1.54) is 0 Å². The molecule has 0 fully saturated rings. The SMILES string of the molecule is Oc1nc(-c2ccccc2)[nH]c1C=C1C=Nc2ncccc21. The lowest BCUT2D eigenvalue weighted by Gasteiger charge is -1.97. The van der Waals surface area contributed by atoms with Gasteiger partial charge in [0.1, 0.15) is 11.5 Å². The summed E-state index contributed by atoms with van der Waals surface area (Å²) in [5.74, 6) is 1.29. The van der Waals surface area contributed by atoms with Crippen molar-refractivity contribution in [2.75, 3.05) is 0 Å². The second kappa shape index (κ2) is 4.96. The Labute approximate surface area is 126 Å². The van der Waals surface area contributed by atoms with Gasteiger partial charge in [-0.2, -0.15) is 4.98 Å². The van der Waals surface area contributed by atoms with Crippen molar-refractivity contribution in [1.29, 1.82) is 0 Å². The number of nitrogens with one attached hydrogen (secondary N) is 1. The van der Waals surface area contributed by atoms with Crippen LogP contribution in [-0.4, -0.2) is 26.3 Å². The van der Waals surface area contributed by atoms with Crippen molar-refractivity contribution in [3.8, 4) is 17.3 Å². The molecule has 0 saturated carbocycles. The summed E-state index contributed by atoms with van der Waals surface area (Å²) in [6, 6.07) is 13.5. The van der Waals surface area contributed by atoms with Crippen LogP contribution in [0.25, 0.3) is 23.0 Å². The van der Waals surface area contributed by atoms with Crippen LogP contribution < -0.4 is 0 Å². The molecule has 1 aliphatic rings. The molecule has 5 heteroatoms. The quantitative estimate of drug-likeness (QED) is 0.758. The van der Waals surface area contributed by atoms with Gasteiger partial charge < -0.3 is 10.1 Å². The Morgan fingerprint density at radius 3 is 2.77 bits per heavy atom. The Balaban J connectivity index is 1.75. The van der Waals surface area contributed by atoms with E-state index in [9.17, 15) is 5.11 Å². The maximum atomic E-state index is 10.1. The van der Waals surface area contributed by atoms with Gasteiger partial charge in [0.2, 0.25) is 5.88 Å². The van der Waals surface area contributed by atoms with Crippen molar-refractivity contribution < 1.29 is 5.11 Å². The van der Waals surface area contributed by atoms with Crippen molar-refractivity contribution in [1.82, 2.24) is 15.0 Å². The average Bonchev–Trinajstić information content (AvgIpc) is 3.13. The molecule has 0 spiro atoms. The molecule has 3 aromatic rings. The first-order valence-electron chi connectivity index (χ1n) is 6.87. The number of imidazole rings is 1. The standard InChI is InChI=1S/C17H12N4O/c22-17-14(20-15(21-17)11-5-2-1-3-6-11)9-12-10-19-16-13(12)7-4-8-18-16/h1-10,22H,(H,20,21). The molecule has 1 aliphatic heterocycles. The van der Waals surface area contributed by atoms with E-state index >= 15 is 0 Å². The minimum absolute atomic E-state index is 0.0305. The van der Waals surface area contributed by atoms with Gasteiger partial charge in [0.05, 0.1) is 0 Å². The monoisotopic (exact) mass is 288 g/mol. The van der Waals surface area contributed by atoms with Crippen molar-refractivity contribution in [3.05, 3.63) is 59.9 Å². The van der Waals surface area contributed by atoms with Crippen LogP contribution in [0, 0.1) is 0 Å². The highest BCUT2D eigenvalue weighted by atomic mass is 16.3. The Hall–Kier alpha value is -3.21. The molecular weight excluding hydrogens is 276 g/mol. The first kappa shape index (κ1) is 12.5. The maximum absolute atomic E-state index is 10.1. The molecule has 22 heavy (non-hydrogen) atoms. The number of hydrogen-bond acceptors (Lipinski definition) is 4. The Kier molecular flexibility index (Phi) is 2.83. The van der Waals surface area contributed by atoms with Crippen LogP contribution >= 0.6 is 0 Å². The number of rotatable bonds is 2. The van der Waals surface area contributed by atoms with E-state index in [4.69, 9.17) is 0 Å². The van der Waals surface area contributed by atoms with Crippen molar-refractivity contribution >= 4 is 23.7 Å². The van der Waals surface area contributed by atoms with Gasteiger partial charge in [-0.15, -0.1) is 0 Å². The van der Waals surface area contributed by atoms with Crippen molar-refractivity contribution in [2.24, 2.45) is 4.99 Å². The second-order valence-corrected chi connectivity index (χ2v) is 4.92. The number of aromatic amines is 1. The molecule has 0 bridgehead atoms. The zero-order valence-corrected chi connectivity index (χ0v) is 11.6. The zero-order valence-electron chi connectivity index (χ0n) is 11.6. The molecule has 0 saturated heterocycles. The fraction of sp³-hybridized carbons (Fsp3) is 0. The van der Waals surface area contributed by atoms with Crippen LogP contribution in [0.3, 0.4) is 0 Å². The molecule has 106 valence electrons. The van der Waals surface area contributed by atoms with Crippen LogP contribution in [0.4, 0.5) is 5.82 Å². The molecule has 3 heterocycles. The Morgan fingerprint density at radius 1 is 1.05 bits per heavy atom. The van der Waals surface area contributed by atoms with Gasteiger partial charge in [-0.3, -0.25) is 0 Å². The van der Waals surface area contributed by atoms with Crippen LogP contribution in [0.5, 0.6) is 5.88 Å². The van der Waals surface area contributed by atoms with Crippen LogP contribution in [0.1, 0.15) is 11.3 Å². The summed E-state index contributed by atoms with van der Waals surface area (Å²) in [6.07, 6.45) is 5.27. The number of aliphatic imine (C=N–C) groups is 1. The van der Waals surface area contributed by atoms with Gasteiger partial charge in [-0.25, -0.2) is 9.98 Å². The summed E-state index contributed by atoms with van der Waals surface area (Å²) in [5, 5.41) is 10.1. The normalized spacial score (nSPS) is 14.5. The maximum Gasteiger partial charge on any atom is 0.237 e. The fourth-order valence-electron chi connectivity index (χ4n) is 2.41. The van der Waals surface area contributed by atoms with Gasteiger partial charge in [0.25, 0.3) is 0 Å². The summed E-state index contributed by atoms with van der Waals surface area (Å²) in [4.78, 5) is 15.8. The summed E-state index contributed by atoms with van der Waals surface area (Å²) >= 11 is 0. The zero-order chi connectivity index (χ0) is 14.9. The van der Waals surface area contributed by atoms with Gasteiger partial charge in [-0.05, 0) is 18.2 Å². The third-order valence-electron chi connectivity index (χ3n) is 3.48. The number of fused-ring (bicyclic) bond motifs is 1. The van der Waals surface area contributed by atoms with E-state index in [0.29, 0.717) is 17.3 Å². The van der Waals surface area contributed by atoms with Crippen molar-refractivity contribution in [3.63, 3.8) is 0 Å². The van der Waals surface area contributed by atoms with Gasteiger partial charge in [0.15, 0.2) is 5.82 Å². The topological polar surface area (TPSA) is 74.2 Å². The number of aromatic hydroxyl groups is 1. The smallest absolute Gasteiger partial charge is 0.237 e. The lowest BCUT2D eigenvalue weighted by molar-refractivity contribution is 0.455. The largest absolute Gasteiger partial charge is 0.492 e. The summed E-state index contributed by atoms with van der Waals surface area (Å²) in [5.41, 5.74) is 3.31. The number of nitrogens with zero attached hydrogens (tertiary/aromatic N) is 3. The molecule has 2 N–H and O–H groups in total. The number of pyridine rings is 1. The predicted octanol–water partition coefficient (Wildman–Crippen LogP) is 3.43. The Bertz CT molecular complexity index is 894. The number of H-pyrrole nitrogens is 1. The summed E-state index contributed by atoms with van der Waals surface area (Å²) < 4.78 is 0. The van der Waals surface area contributed by atoms with E-state index in [0.717, 1.165) is 16.7 Å². The van der Waals surface area contributed by atoms with E-state index in [2.05, 4.69) is 19.9 Å². The fourth-order valence-corrected chi connectivity index (χ4v) is 2.41. The highest BCUT2D eigenvalue weighted by Gasteiger charge is 2.15. The van der Waals surface area contributed by atoms with Gasteiger partial charge in [0, 0.05) is 29.1 Å². The molecule has 5 nitrogen and oxygen atoms in total. The Morgan fingerprint density at radius 2 is 1.91 bits per heavy atom. The number of benzene rings is 1. The highest BCUT2D eigenvalue weighted by molar-refractivity contribution is 6.20. The van der Waals surface area contributed by atoms with Gasteiger partial charge in [-0.1, -0.05) is 30.3 Å². The minimum Gasteiger partial charge on any atom is -0.492 e. The second-order valence-electron chi connectivity index (χ2n) is 4.92. The molecule has 2 aromatic heterocycles. The molecule has 4 rings (SSSR count). The minimum atomic E-state index is -0.0305. The van der Waals surface area contributed by atoms with E-state index < -0.39 is 0 Å². The summed E-state index contributed by atoms with van der Waals surface area (Å²) in [7, 11) is 0. The predicted molar refractivity (Wildman–Crippen MR) is 85.9 cm³/mol. The molecule has 0 unspecified atom stereocenters. The molecule has 0 amide bonds. The molecule has 0 aliphatic carbocycles. The number of aromatic nitrogens is 3. The average molecular weight is 288 g/mol.